The largest absolute Gasteiger partial charge is 0.508 e. The van der Waals surface area contributed by atoms with Crippen molar-refractivity contribution in [1.29, 1.82) is 0 Å². The molecule has 3 atom stereocenters. The van der Waals surface area contributed by atoms with E-state index in [1.807, 2.05) is 24.3 Å². The van der Waals surface area contributed by atoms with Crippen LogP contribution < -0.4 is 4.74 Å². The molecule has 2 aromatic rings. The Hall–Kier alpha value is -3.41. The Balaban J connectivity index is 1.77. The Bertz CT molecular complexity index is 1070. The first-order valence-corrected chi connectivity index (χ1v) is 10.2. The number of carbonyl (C=O) groups is 2. The van der Waals surface area contributed by atoms with Crippen LogP contribution in [0.3, 0.4) is 0 Å². The Labute approximate surface area is 181 Å². The van der Waals surface area contributed by atoms with Crippen LogP contribution >= 0.6 is 0 Å². The standard InChI is InChI=1S/C25H25NO5/c1-14-22(25(29)31-3)23(16-4-8-18(27)9-5-16)24-20(26-14)12-17(13-21(24)28)15-6-10-19(30-2)11-7-15/h4-11,17,22-23,27H,12-13H2,1-3H3/t17-,22?,23-/m1/s1. The quantitative estimate of drug-likeness (QED) is 0.753. The van der Waals surface area contributed by atoms with Crippen molar-refractivity contribution in [3.8, 4) is 11.5 Å². The number of hydrogen-bond acceptors (Lipinski definition) is 6. The summed E-state index contributed by atoms with van der Waals surface area (Å²) in [5, 5.41) is 9.71. The zero-order chi connectivity index (χ0) is 22.1. The molecule has 1 unspecified atom stereocenters. The van der Waals surface area contributed by atoms with Crippen molar-refractivity contribution < 1.29 is 24.2 Å². The summed E-state index contributed by atoms with van der Waals surface area (Å²) in [6.45, 7) is 1.81. The number of esters is 1. The highest BCUT2D eigenvalue weighted by molar-refractivity contribution is 6.09. The number of benzene rings is 2. The molecule has 0 radical (unpaired) electrons. The first kappa shape index (κ1) is 20.8. The van der Waals surface area contributed by atoms with E-state index in [2.05, 4.69) is 0 Å². The third-order valence-electron chi connectivity index (χ3n) is 6.18. The molecule has 6 heteroatoms. The Morgan fingerprint density at radius 3 is 2.26 bits per heavy atom. The molecule has 160 valence electrons. The van der Waals surface area contributed by atoms with Gasteiger partial charge in [0.25, 0.3) is 0 Å². The van der Waals surface area contributed by atoms with Crippen LogP contribution in [-0.2, 0) is 14.3 Å². The van der Waals surface area contributed by atoms with E-state index >= 15 is 0 Å². The number of Topliss-reactive ketones (excluding diaryl/α,β-unsaturated/α-hetero) is 1. The molecule has 2 aromatic carbocycles. The summed E-state index contributed by atoms with van der Waals surface area (Å²) in [6, 6.07) is 14.4. The predicted octanol–water partition coefficient (Wildman–Crippen LogP) is 4.15. The van der Waals surface area contributed by atoms with E-state index in [-0.39, 0.29) is 17.5 Å². The van der Waals surface area contributed by atoms with Crippen molar-refractivity contribution in [1.82, 2.24) is 0 Å². The number of allylic oxidation sites excluding steroid dienone is 2. The number of carbonyl (C=O) groups excluding carboxylic acids is 2. The van der Waals surface area contributed by atoms with Crippen LogP contribution in [0.5, 0.6) is 11.5 Å². The fourth-order valence-electron chi connectivity index (χ4n) is 4.65. The van der Waals surface area contributed by atoms with Gasteiger partial charge in [0.2, 0.25) is 0 Å². The Morgan fingerprint density at radius 2 is 1.65 bits per heavy atom. The third-order valence-corrected chi connectivity index (χ3v) is 6.18. The second-order valence-corrected chi connectivity index (χ2v) is 7.99. The molecular weight excluding hydrogens is 394 g/mol. The third kappa shape index (κ3) is 3.85. The summed E-state index contributed by atoms with van der Waals surface area (Å²) in [7, 11) is 2.97. The van der Waals surface area contributed by atoms with Crippen molar-refractivity contribution in [3.63, 3.8) is 0 Å². The molecule has 2 aliphatic rings. The summed E-state index contributed by atoms with van der Waals surface area (Å²) < 4.78 is 10.3. The minimum Gasteiger partial charge on any atom is -0.508 e. The number of phenolic OH excluding ortho intramolecular Hbond substituents is 1. The van der Waals surface area contributed by atoms with Gasteiger partial charge in [-0.1, -0.05) is 24.3 Å². The normalized spacial score (nSPS) is 23.1. The number of rotatable bonds is 4. The van der Waals surface area contributed by atoms with E-state index in [1.54, 1.807) is 38.3 Å². The lowest BCUT2D eigenvalue weighted by molar-refractivity contribution is -0.143. The topological polar surface area (TPSA) is 85.2 Å². The molecular formula is C25H25NO5. The SMILES string of the molecule is COC(=O)C1C(C)=NC2=C(C(=O)C[C@H](c3ccc(OC)cc3)C2)[C@@H]1c1ccc(O)cc1. The van der Waals surface area contributed by atoms with Crippen LogP contribution in [0.1, 0.15) is 42.7 Å². The first-order chi connectivity index (χ1) is 14.9. The second-order valence-electron chi connectivity index (χ2n) is 7.99. The van der Waals surface area contributed by atoms with E-state index in [1.165, 1.54) is 7.11 Å². The highest BCUT2D eigenvalue weighted by Crippen LogP contribution is 2.47. The van der Waals surface area contributed by atoms with Crippen LogP contribution in [-0.4, -0.2) is 36.8 Å². The maximum Gasteiger partial charge on any atom is 0.315 e. The Kier molecular flexibility index (Phi) is 5.63. The fraction of sp³-hybridized carbons (Fsp3) is 0.320. The highest BCUT2D eigenvalue weighted by atomic mass is 16.5. The number of aliphatic imine (C=N–C) groups is 1. The Morgan fingerprint density at radius 1 is 1.00 bits per heavy atom. The fourth-order valence-corrected chi connectivity index (χ4v) is 4.65. The number of ketones is 1. The van der Waals surface area contributed by atoms with Gasteiger partial charge in [0.15, 0.2) is 5.78 Å². The number of methoxy groups -OCH3 is 2. The van der Waals surface area contributed by atoms with Crippen molar-refractivity contribution >= 4 is 17.5 Å². The van der Waals surface area contributed by atoms with Gasteiger partial charge in [-0.15, -0.1) is 0 Å². The van der Waals surface area contributed by atoms with Crippen LogP contribution in [0, 0.1) is 5.92 Å². The lowest BCUT2D eigenvalue weighted by Crippen LogP contribution is -2.37. The average Bonchev–Trinajstić information content (AvgIpc) is 2.78. The summed E-state index contributed by atoms with van der Waals surface area (Å²) in [4.78, 5) is 30.8. The molecule has 4 rings (SSSR count). The number of nitrogens with zero attached hydrogens (tertiary/aromatic N) is 1. The van der Waals surface area contributed by atoms with Crippen molar-refractivity contribution in [3.05, 3.63) is 70.9 Å². The summed E-state index contributed by atoms with van der Waals surface area (Å²) in [6.07, 6.45) is 0.968. The minimum absolute atomic E-state index is 0.00899. The molecule has 1 heterocycles. The van der Waals surface area contributed by atoms with Crippen molar-refractivity contribution in [2.24, 2.45) is 10.9 Å². The lowest BCUT2D eigenvalue weighted by atomic mass is 9.69. The number of aromatic hydroxyl groups is 1. The molecule has 0 fully saturated rings. The number of hydrogen-bond donors (Lipinski definition) is 1. The van der Waals surface area contributed by atoms with E-state index in [4.69, 9.17) is 14.5 Å². The van der Waals surface area contributed by atoms with Gasteiger partial charge in [-0.3, -0.25) is 14.6 Å². The zero-order valence-corrected chi connectivity index (χ0v) is 17.8. The number of ether oxygens (including phenoxy) is 2. The van der Waals surface area contributed by atoms with E-state index in [0.29, 0.717) is 24.1 Å². The van der Waals surface area contributed by atoms with Crippen LogP contribution in [0.2, 0.25) is 0 Å². The van der Waals surface area contributed by atoms with Crippen LogP contribution in [0.15, 0.2) is 64.8 Å². The van der Waals surface area contributed by atoms with Crippen LogP contribution in [0.25, 0.3) is 0 Å². The summed E-state index contributed by atoms with van der Waals surface area (Å²) >= 11 is 0. The maximum atomic E-state index is 13.4. The molecule has 31 heavy (non-hydrogen) atoms. The van der Waals surface area contributed by atoms with Gasteiger partial charge in [0, 0.05) is 29.3 Å². The van der Waals surface area contributed by atoms with Gasteiger partial charge in [-0.25, -0.2) is 0 Å². The highest BCUT2D eigenvalue weighted by Gasteiger charge is 2.44. The molecule has 0 saturated heterocycles. The average molecular weight is 419 g/mol. The van der Waals surface area contributed by atoms with E-state index < -0.39 is 17.8 Å². The predicted molar refractivity (Wildman–Crippen MR) is 116 cm³/mol. The minimum atomic E-state index is -0.672. The lowest BCUT2D eigenvalue weighted by Gasteiger charge is -2.36. The van der Waals surface area contributed by atoms with Gasteiger partial charge in [0.05, 0.1) is 14.2 Å². The van der Waals surface area contributed by atoms with E-state index in [0.717, 1.165) is 22.6 Å². The van der Waals surface area contributed by atoms with Gasteiger partial charge < -0.3 is 14.6 Å². The maximum absolute atomic E-state index is 13.4. The summed E-state index contributed by atoms with van der Waals surface area (Å²) in [5.74, 6) is -0.668. The van der Waals surface area contributed by atoms with Crippen molar-refractivity contribution in [2.75, 3.05) is 14.2 Å². The first-order valence-electron chi connectivity index (χ1n) is 10.2. The monoisotopic (exact) mass is 419 g/mol. The van der Waals surface area contributed by atoms with E-state index in [9.17, 15) is 14.7 Å². The second kappa shape index (κ2) is 8.38. The molecule has 6 nitrogen and oxygen atoms in total. The molecule has 0 spiro atoms. The summed E-state index contributed by atoms with van der Waals surface area (Å²) in [5.41, 5.74) is 3.78. The molecule has 1 N–H and O–H groups in total. The zero-order valence-electron chi connectivity index (χ0n) is 17.8. The molecule has 1 aliphatic heterocycles. The van der Waals surface area contributed by atoms with Gasteiger partial charge in [-0.05, 0) is 54.7 Å². The van der Waals surface area contributed by atoms with Gasteiger partial charge >= 0.3 is 5.97 Å². The smallest absolute Gasteiger partial charge is 0.315 e. The van der Waals surface area contributed by atoms with Crippen LogP contribution in [0.4, 0.5) is 0 Å². The number of phenols is 1. The molecule has 0 bridgehead atoms. The molecule has 0 amide bonds. The molecule has 0 aromatic heterocycles. The van der Waals surface area contributed by atoms with Crippen molar-refractivity contribution in [2.45, 2.75) is 31.6 Å². The van der Waals surface area contributed by atoms with Gasteiger partial charge in [0.1, 0.15) is 17.4 Å². The van der Waals surface area contributed by atoms with Gasteiger partial charge in [-0.2, -0.15) is 0 Å². The molecule has 0 saturated carbocycles. The molecule has 1 aliphatic carbocycles.